The molecule has 0 aliphatic heterocycles. The maximum atomic E-state index is 13.6. The highest BCUT2D eigenvalue weighted by atomic mass is 35.5. The van der Waals surface area contributed by atoms with Gasteiger partial charge in [0.2, 0.25) is 0 Å². The van der Waals surface area contributed by atoms with Crippen molar-refractivity contribution in [2.45, 2.75) is 11.5 Å². The molecule has 0 saturated carbocycles. The summed E-state index contributed by atoms with van der Waals surface area (Å²) in [6.07, 6.45) is 0. The lowest BCUT2D eigenvalue weighted by Crippen LogP contribution is -2.02. The van der Waals surface area contributed by atoms with E-state index in [-0.39, 0.29) is 5.75 Å². The van der Waals surface area contributed by atoms with Crippen LogP contribution in [0.3, 0.4) is 0 Å². The lowest BCUT2D eigenvalue weighted by molar-refractivity contribution is 0.615. The third-order valence-electron chi connectivity index (χ3n) is 2.61. The lowest BCUT2D eigenvalue weighted by atomic mass is 10.2. The van der Waals surface area contributed by atoms with Gasteiger partial charge in [0, 0.05) is 32.2 Å². The fourth-order valence-electron chi connectivity index (χ4n) is 1.65. The number of hydrogen-bond donors (Lipinski definition) is 0. The van der Waals surface area contributed by atoms with Crippen molar-refractivity contribution in [2.75, 3.05) is 0 Å². The van der Waals surface area contributed by atoms with Crippen molar-refractivity contribution in [3.63, 3.8) is 0 Å². The van der Waals surface area contributed by atoms with Gasteiger partial charge in [-0.15, -0.1) is 0 Å². The van der Waals surface area contributed by atoms with Gasteiger partial charge in [-0.05, 0) is 29.8 Å². The van der Waals surface area contributed by atoms with E-state index in [2.05, 4.69) is 0 Å². The van der Waals surface area contributed by atoms with Gasteiger partial charge in [0.1, 0.15) is 5.82 Å². The highest BCUT2D eigenvalue weighted by Crippen LogP contribution is 2.21. The van der Waals surface area contributed by atoms with Crippen molar-refractivity contribution >= 4 is 34.0 Å². The van der Waals surface area contributed by atoms with E-state index in [0.717, 1.165) is 5.56 Å². The first kappa shape index (κ1) is 14.5. The van der Waals surface area contributed by atoms with Gasteiger partial charge in [-0.1, -0.05) is 41.4 Å². The molecule has 1 nitrogen and oxygen atoms in total. The summed E-state index contributed by atoms with van der Waals surface area (Å²) in [5, 5.41) is 0.941. The second kappa shape index (κ2) is 6.51. The molecule has 100 valence electrons. The van der Waals surface area contributed by atoms with Gasteiger partial charge < -0.3 is 0 Å². The Balaban J connectivity index is 2.07. The van der Waals surface area contributed by atoms with E-state index in [1.54, 1.807) is 18.2 Å². The summed E-state index contributed by atoms with van der Waals surface area (Å²) in [6.45, 7) is 0. The summed E-state index contributed by atoms with van der Waals surface area (Å²) in [4.78, 5) is 0. The zero-order valence-corrected chi connectivity index (χ0v) is 12.2. The maximum absolute atomic E-state index is 13.6. The van der Waals surface area contributed by atoms with Crippen LogP contribution in [0, 0.1) is 5.82 Å². The van der Waals surface area contributed by atoms with Gasteiger partial charge in [-0.3, -0.25) is 4.21 Å². The molecule has 0 amide bonds. The van der Waals surface area contributed by atoms with Crippen molar-refractivity contribution < 1.29 is 8.60 Å². The number of halogens is 3. The third kappa shape index (κ3) is 4.03. The summed E-state index contributed by atoms with van der Waals surface area (Å²) in [7, 11) is -1.22. The van der Waals surface area contributed by atoms with Gasteiger partial charge in [-0.2, -0.15) is 0 Å². The minimum atomic E-state index is -1.22. The molecule has 1 atom stereocenters. The first-order chi connectivity index (χ1) is 9.06. The maximum Gasteiger partial charge on any atom is 0.128 e. The second-order valence-electron chi connectivity index (χ2n) is 4.06. The van der Waals surface area contributed by atoms with Crippen LogP contribution in [-0.4, -0.2) is 4.21 Å². The molecule has 0 aromatic heterocycles. The van der Waals surface area contributed by atoms with Crippen LogP contribution in [-0.2, 0) is 22.3 Å². The Morgan fingerprint density at radius 2 is 1.68 bits per heavy atom. The predicted molar refractivity (Wildman–Crippen MR) is 78.4 cm³/mol. The smallest absolute Gasteiger partial charge is 0.128 e. The molecule has 5 heteroatoms. The van der Waals surface area contributed by atoms with Gasteiger partial charge in [-0.25, -0.2) is 4.39 Å². The third-order valence-corrected chi connectivity index (χ3v) is 4.48. The molecule has 0 fully saturated rings. The van der Waals surface area contributed by atoms with Gasteiger partial charge in [0.15, 0.2) is 0 Å². The Hall–Kier alpha value is -0.900. The highest BCUT2D eigenvalue weighted by molar-refractivity contribution is 7.83. The highest BCUT2D eigenvalue weighted by Gasteiger charge is 2.11. The lowest BCUT2D eigenvalue weighted by Gasteiger charge is -2.06. The Kier molecular flexibility index (Phi) is 4.97. The van der Waals surface area contributed by atoms with Crippen molar-refractivity contribution in [1.82, 2.24) is 0 Å². The van der Waals surface area contributed by atoms with E-state index >= 15 is 0 Å². The van der Waals surface area contributed by atoms with Crippen LogP contribution in [0.1, 0.15) is 11.1 Å². The molecule has 2 aromatic rings. The van der Waals surface area contributed by atoms with Crippen molar-refractivity contribution in [3.8, 4) is 0 Å². The summed E-state index contributed by atoms with van der Waals surface area (Å²) in [5.74, 6) is 0.0348. The molecule has 2 aromatic carbocycles. The number of benzene rings is 2. The normalized spacial score (nSPS) is 12.4. The summed E-state index contributed by atoms with van der Waals surface area (Å²) in [5.41, 5.74) is 1.20. The molecule has 0 saturated heterocycles. The largest absolute Gasteiger partial charge is 0.259 e. The Morgan fingerprint density at radius 3 is 2.32 bits per heavy atom. The number of rotatable bonds is 4. The quantitative estimate of drug-likeness (QED) is 0.806. The van der Waals surface area contributed by atoms with E-state index in [9.17, 15) is 8.60 Å². The standard InChI is InChI=1S/C14H11Cl2FOS/c15-11-6-4-10(5-7-11)8-19(18)9-12-13(16)2-1-3-14(12)17/h1-7H,8-9H2/t19-/m0/s1. The number of hydrogen-bond acceptors (Lipinski definition) is 1. The Morgan fingerprint density at radius 1 is 1.00 bits per heavy atom. The average Bonchev–Trinajstić information content (AvgIpc) is 2.37. The van der Waals surface area contributed by atoms with Crippen LogP contribution in [0.4, 0.5) is 4.39 Å². The molecule has 19 heavy (non-hydrogen) atoms. The minimum absolute atomic E-state index is 0.105. The fraction of sp³-hybridized carbons (Fsp3) is 0.143. The molecule has 0 unspecified atom stereocenters. The summed E-state index contributed by atoms with van der Waals surface area (Å²) in [6, 6.07) is 11.5. The Labute approximate surface area is 123 Å². The average molecular weight is 317 g/mol. The van der Waals surface area contributed by atoms with Crippen LogP contribution < -0.4 is 0 Å². The van der Waals surface area contributed by atoms with Gasteiger partial charge >= 0.3 is 0 Å². The molecular formula is C14H11Cl2FOS. The van der Waals surface area contributed by atoms with Gasteiger partial charge in [0.25, 0.3) is 0 Å². The van der Waals surface area contributed by atoms with Crippen molar-refractivity contribution in [3.05, 3.63) is 69.5 Å². The first-order valence-electron chi connectivity index (χ1n) is 5.58. The molecule has 0 aliphatic carbocycles. The van der Waals surface area contributed by atoms with Crippen molar-refractivity contribution in [1.29, 1.82) is 0 Å². The van der Waals surface area contributed by atoms with Crippen molar-refractivity contribution in [2.24, 2.45) is 0 Å². The molecule has 2 rings (SSSR count). The SMILES string of the molecule is O=[S@@](Cc1ccc(Cl)cc1)Cc1c(F)cccc1Cl. The molecule has 0 aliphatic rings. The van der Waals surface area contributed by atoms with Crippen LogP contribution in [0.2, 0.25) is 10.0 Å². The molecule has 0 spiro atoms. The van der Waals surface area contributed by atoms with E-state index in [0.29, 0.717) is 21.4 Å². The van der Waals surface area contributed by atoms with Crippen LogP contribution in [0.5, 0.6) is 0 Å². The van der Waals surface area contributed by atoms with E-state index < -0.39 is 16.6 Å². The topological polar surface area (TPSA) is 17.1 Å². The van der Waals surface area contributed by atoms with Gasteiger partial charge in [0.05, 0.1) is 5.75 Å². The second-order valence-corrected chi connectivity index (χ2v) is 6.36. The molecule has 0 radical (unpaired) electrons. The first-order valence-corrected chi connectivity index (χ1v) is 7.83. The molecule has 0 heterocycles. The van der Waals surface area contributed by atoms with E-state index in [4.69, 9.17) is 23.2 Å². The Bertz CT molecular complexity index is 579. The van der Waals surface area contributed by atoms with E-state index in [1.165, 1.54) is 12.1 Å². The predicted octanol–water partition coefficient (Wildman–Crippen LogP) is 4.58. The van der Waals surface area contributed by atoms with E-state index in [1.807, 2.05) is 12.1 Å². The van der Waals surface area contributed by atoms with Crippen LogP contribution in [0.15, 0.2) is 42.5 Å². The summed E-state index contributed by atoms with van der Waals surface area (Å²) < 4.78 is 25.6. The summed E-state index contributed by atoms with van der Waals surface area (Å²) >= 11 is 11.7. The zero-order chi connectivity index (χ0) is 13.8. The molecule has 0 N–H and O–H groups in total. The van der Waals surface area contributed by atoms with Crippen LogP contribution in [0.25, 0.3) is 0 Å². The molecular weight excluding hydrogens is 306 g/mol. The minimum Gasteiger partial charge on any atom is -0.259 e. The fourth-order valence-corrected chi connectivity index (χ4v) is 3.37. The zero-order valence-electron chi connectivity index (χ0n) is 9.91. The van der Waals surface area contributed by atoms with Crippen LogP contribution >= 0.6 is 23.2 Å². The monoisotopic (exact) mass is 316 g/mol. The molecule has 0 bridgehead atoms.